The topological polar surface area (TPSA) is 85.8 Å². The molecule has 2 rings (SSSR count). The summed E-state index contributed by atoms with van der Waals surface area (Å²) in [5.41, 5.74) is 5.48. The molecular weight excluding hydrogens is 225 g/mol. The lowest BCUT2D eigenvalue weighted by molar-refractivity contribution is -0.116. The molecule has 2 aromatic rings. The summed E-state index contributed by atoms with van der Waals surface area (Å²) in [5.74, 6) is -0.664. The number of nitrogens with zero attached hydrogens (tertiary/aromatic N) is 3. The van der Waals surface area contributed by atoms with Gasteiger partial charge in [-0.1, -0.05) is 17.3 Å². The van der Waals surface area contributed by atoms with Crippen LogP contribution in [0, 0.1) is 5.82 Å². The fraction of sp³-hybridized carbons (Fsp3) is 0.100. The highest BCUT2D eigenvalue weighted by atomic mass is 19.1. The van der Waals surface area contributed by atoms with Crippen LogP contribution in [0.5, 0.6) is 0 Å². The van der Waals surface area contributed by atoms with Gasteiger partial charge in [-0.3, -0.25) is 4.79 Å². The molecule has 6 nitrogen and oxygen atoms in total. The molecule has 0 saturated carbocycles. The lowest BCUT2D eigenvalue weighted by Crippen LogP contribution is -2.19. The van der Waals surface area contributed by atoms with Gasteiger partial charge in [-0.25, -0.2) is 9.07 Å². The van der Waals surface area contributed by atoms with E-state index in [4.69, 9.17) is 5.73 Å². The summed E-state index contributed by atoms with van der Waals surface area (Å²) in [6.07, 6.45) is 1.42. The number of nitrogens with one attached hydrogen (secondary N) is 1. The second-order valence-electron chi connectivity index (χ2n) is 3.37. The molecule has 1 amide bonds. The number of carbonyl (C=O) groups excluding carboxylic acids is 1. The van der Waals surface area contributed by atoms with Gasteiger partial charge in [-0.2, -0.15) is 0 Å². The summed E-state index contributed by atoms with van der Waals surface area (Å²) in [5, 5.41) is 9.56. The van der Waals surface area contributed by atoms with E-state index in [1.165, 1.54) is 23.0 Å². The highest BCUT2D eigenvalue weighted by Crippen LogP contribution is 2.12. The molecule has 0 fully saturated rings. The molecule has 0 aliphatic rings. The van der Waals surface area contributed by atoms with Gasteiger partial charge < -0.3 is 11.1 Å². The minimum atomic E-state index is -0.487. The minimum absolute atomic E-state index is 0.0709. The Labute approximate surface area is 96.2 Å². The van der Waals surface area contributed by atoms with E-state index in [1.807, 2.05) is 0 Å². The van der Waals surface area contributed by atoms with Crippen LogP contribution in [-0.4, -0.2) is 20.9 Å². The third-order valence-corrected chi connectivity index (χ3v) is 2.01. The van der Waals surface area contributed by atoms with Gasteiger partial charge in [0.1, 0.15) is 12.4 Å². The molecule has 88 valence electrons. The maximum absolute atomic E-state index is 13.2. The van der Waals surface area contributed by atoms with Crippen LogP contribution in [0.25, 0.3) is 0 Å². The number of hydrogen-bond donors (Lipinski definition) is 2. The van der Waals surface area contributed by atoms with Crippen LogP contribution < -0.4 is 11.1 Å². The monoisotopic (exact) mass is 235 g/mol. The number of para-hydroxylation sites is 1. The average molecular weight is 235 g/mol. The summed E-state index contributed by atoms with van der Waals surface area (Å²) in [4.78, 5) is 11.5. The van der Waals surface area contributed by atoms with E-state index in [9.17, 15) is 9.18 Å². The number of nitrogen functional groups attached to an aromatic ring is 1. The number of carbonyl (C=O) groups is 1. The van der Waals surface area contributed by atoms with Gasteiger partial charge in [0.25, 0.3) is 0 Å². The van der Waals surface area contributed by atoms with Crippen LogP contribution in [0.15, 0.2) is 30.5 Å². The maximum atomic E-state index is 13.2. The van der Waals surface area contributed by atoms with Crippen molar-refractivity contribution in [1.82, 2.24) is 15.0 Å². The molecule has 1 aromatic heterocycles. The molecule has 1 aromatic carbocycles. The first-order chi connectivity index (χ1) is 8.15. The molecule has 0 aliphatic carbocycles. The van der Waals surface area contributed by atoms with Crippen molar-refractivity contribution in [2.24, 2.45) is 0 Å². The van der Waals surface area contributed by atoms with E-state index >= 15 is 0 Å². The highest BCUT2D eigenvalue weighted by molar-refractivity contribution is 5.90. The van der Waals surface area contributed by atoms with Gasteiger partial charge in [0.05, 0.1) is 11.9 Å². The van der Waals surface area contributed by atoms with Gasteiger partial charge in [0, 0.05) is 0 Å². The highest BCUT2D eigenvalue weighted by Gasteiger charge is 2.07. The molecule has 1 heterocycles. The van der Waals surface area contributed by atoms with Crippen LogP contribution >= 0.6 is 0 Å². The Bertz CT molecular complexity index is 539. The third-order valence-electron chi connectivity index (χ3n) is 2.01. The lowest BCUT2D eigenvalue weighted by atomic mass is 10.3. The largest absolute Gasteiger partial charge is 0.381 e. The predicted octanol–water partition coefficient (Wildman–Crippen LogP) is 0.638. The van der Waals surface area contributed by atoms with Crippen molar-refractivity contribution in [3.8, 4) is 0 Å². The Balaban J connectivity index is 2.01. The molecule has 0 atom stereocenters. The zero-order valence-corrected chi connectivity index (χ0v) is 8.80. The van der Waals surface area contributed by atoms with Gasteiger partial charge in [0.2, 0.25) is 5.91 Å². The Hall–Kier alpha value is -2.44. The number of rotatable bonds is 3. The predicted molar refractivity (Wildman–Crippen MR) is 59.5 cm³/mol. The molecule has 0 aliphatic heterocycles. The van der Waals surface area contributed by atoms with Crippen molar-refractivity contribution in [3.63, 3.8) is 0 Å². The standard InChI is InChI=1S/C10H10FN5O/c11-7-3-1-2-4-8(7)13-10(17)6-16-5-9(12)14-15-16/h1-5H,6,12H2,(H,13,17). The maximum Gasteiger partial charge on any atom is 0.246 e. The number of nitrogens with two attached hydrogens (primary N) is 1. The zero-order valence-electron chi connectivity index (χ0n) is 8.80. The molecule has 0 unspecified atom stereocenters. The number of benzene rings is 1. The SMILES string of the molecule is Nc1cn(CC(=O)Nc2ccccc2F)nn1. The first-order valence-electron chi connectivity index (χ1n) is 4.85. The van der Waals surface area contributed by atoms with Gasteiger partial charge in [-0.15, -0.1) is 5.10 Å². The van der Waals surface area contributed by atoms with Crippen LogP contribution in [0.3, 0.4) is 0 Å². The number of amides is 1. The minimum Gasteiger partial charge on any atom is -0.381 e. The van der Waals surface area contributed by atoms with Crippen molar-refractivity contribution >= 4 is 17.4 Å². The number of aromatic nitrogens is 3. The Kier molecular flexibility index (Phi) is 2.99. The van der Waals surface area contributed by atoms with E-state index in [0.29, 0.717) is 0 Å². The Morgan fingerprint density at radius 2 is 2.24 bits per heavy atom. The van der Waals surface area contributed by atoms with E-state index in [1.54, 1.807) is 12.1 Å². The second kappa shape index (κ2) is 4.60. The summed E-state index contributed by atoms with van der Waals surface area (Å²) in [6.45, 7) is -0.0709. The molecular formula is C10H10FN5O. The van der Waals surface area contributed by atoms with Crippen molar-refractivity contribution in [2.75, 3.05) is 11.1 Å². The quantitative estimate of drug-likeness (QED) is 0.817. The van der Waals surface area contributed by atoms with Crippen LogP contribution in [0.2, 0.25) is 0 Å². The summed E-state index contributed by atoms with van der Waals surface area (Å²) in [7, 11) is 0. The van der Waals surface area contributed by atoms with Crippen LogP contribution in [-0.2, 0) is 11.3 Å². The lowest BCUT2D eigenvalue weighted by Gasteiger charge is -2.05. The van der Waals surface area contributed by atoms with Gasteiger partial charge in [0.15, 0.2) is 5.82 Å². The third kappa shape index (κ3) is 2.77. The van der Waals surface area contributed by atoms with E-state index < -0.39 is 11.7 Å². The van der Waals surface area contributed by atoms with Crippen LogP contribution in [0.4, 0.5) is 15.9 Å². The first-order valence-corrected chi connectivity index (χ1v) is 4.85. The summed E-state index contributed by atoms with van der Waals surface area (Å²) < 4.78 is 14.5. The smallest absolute Gasteiger partial charge is 0.246 e. The molecule has 7 heteroatoms. The molecule has 0 radical (unpaired) electrons. The van der Waals surface area contributed by atoms with Crippen molar-refractivity contribution in [1.29, 1.82) is 0 Å². The van der Waals surface area contributed by atoms with E-state index in [-0.39, 0.29) is 18.1 Å². The number of anilines is 2. The summed E-state index contributed by atoms with van der Waals surface area (Å²) >= 11 is 0. The van der Waals surface area contributed by atoms with Crippen molar-refractivity contribution < 1.29 is 9.18 Å². The number of halogens is 1. The fourth-order valence-corrected chi connectivity index (χ4v) is 1.29. The van der Waals surface area contributed by atoms with Crippen LogP contribution in [0.1, 0.15) is 0 Å². The summed E-state index contributed by atoms with van der Waals surface area (Å²) in [6, 6.07) is 5.92. The molecule has 0 bridgehead atoms. The zero-order chi connectivity index (χ0) is 12.3. The van der Waals surface area contributed by atoms with Crippen molar-refractivity contribution in [2.45, 2.75) is 6.54 Å². The molecule has 0 spiro atoms. The molecule has 3 N–H and O–H groups in total. The molecule has 0 saturated heterocycles. The van der Waals surface area contributed by atoms with Gasteiger partial charge >= 0.3 is 0 Å². The molecule has 17 heavy (non-hydrogen) atoms. The average Bonchev–Trinajstić information content (AvgIpc) is 2.67. The Morgan fingerprint density at radius 3 is 2.88 bits per heavy atom. The second-order valence-corrected chi connectivity index (χ2v) is 3.37. The first kappa shape index (κ1) is 11.1. The normalized spacial score (nSPS) is 10.2. The van der Waals surface area contributed by atoms with Gasteiger partial charge in [-0.05, 0) is 12.1 Å². The van der Waals surface area contributed by atoms with E-state index in [2.05, 4.69) is 15.6 Å². The Morgan fingerprint density at radius 1 is 1.47 bits per heavy atom. The number of hydrogen-bond acceptors (Lipinski definition) is 4. The fourth-order valence-electron chi connectivity index (χ4n) is 1.29. The van der Waals surface area contributed by atoms with E-state index in [0.717, 1.165) is 0 Å². The van der Waals surface area contributed by atoms with Crippen molar-refractivity contribution in [3.05, 3.63) is 36.3 Å².